The predicted molar refractivity (Wildman–Crippen MR) is 62.1 cm³/mol. The van der Waals surface area contributed by atoms with Gasteiger partial charge in [0.2, 0.25) is 0 Å². The number of amides is 1. The van der Waals surface area contributed by atoms with E-state index >= 15 is 0 Å². The molecule has 0 radical (unpaired) electrons. The van der Waals surface area contributed by atoms with Gasteiger partial charge in [-0.1, -0.05) is 24.2 Å². The largest absolute Gasteiger partial charge is 0.375 e. The normalized spacial score (nSPS) is 16.6. The molecule has 0 aliphatic heterocycles. The Kier molecular flexibility index (Phi) is 3.40. The van der Waals surface area contributed by atoms with E-state index in [2.05, 4.69) is 10.5 Å². The third kappa shape index (κ3) is 2.51. The minimum atomic E-state index is -0.251. The van der Waals surface area contributed by atoms with Gasteiger partial charge in [-0.15, -0.1) is 0 Å². The number of nitrogen functional groups attached to an aromatic ring is 1. The Balaban J connectivity index is 1.90. The molecule has 1 aromatic heterocycles. The fourth-order valence-electron chi connectivity index (χ4n) is 1.82. The Hall–Kier alpha value is -1.14. The van der Waals surface area contributed by atoms with E-state index in [0.717, 1.165) is 12.8 Å². The van der Waals surface area contributed by atoms with Crippen LogP contribution in [-0.4, -0.2) is 17.0 Å². The molecule has 6 heteroatoms. The van der Waals surface area contributed by atoms with E-state index < -0.39 is 0 Å². The van der Waals surface area contributed by atoms with Gasteiger partial charge in [-0.25, -0.2) is 10.5 Å². The molecule has 16 heavy (non-hydrogen) atoms. The molecule has 1 aliphatic rings. The van der Waals surface area contributed by atoms with Gasteiger partial charge in [0, 0.05) is 0 Å². The zero-order chi connectivity index (χ0) is 11.5. The summed E-state index contributed by atoms with van der Waals surface area (Å²) in [4.78, 5) is 21.6. The Labute approximate surface area is 98.0 Å². The smallest absolute Gasteiger partial charge is 0.286 e. The number of aryl methyl sites for hydroxylation is 1. The maximum Gasteiger partial charge on any atom is 0.286 e. The molecule has 0 saturated heterocycles. The fourth-order valence-corrected chi connectivity index (χ4v) is 2.54. The minimum absolute atomic E-state index is 0.162. The Morgan fingerprint density at radius 2 is 2.25 bits per heavy atom. The number of thiazole rings is 1. The Morgan fingerprint density at radius 1 is 1.56 bits per heavy atom. The van der Waals surface area contributed by atoms with Crippen molar-refractivity contribution < 1.29 is 9.63 Å². The molecular weight excluding hydrogens is 226 g/mol. The summed E-state index contributed by atoms with van der Waals surface area (Å²) < 4.78 is 0. The van der Waals surface area contributed by atoms with E-state index in [4.69, 9.17) is 10.6 Å². The van der Waals surface area contributed by atoms with Gasteiger partial charge in [-0.2, -0.15) is 0 Å². The first-order chi connectivity index (χ1) is 7.66. The van der Waals surface area contributed by atoms with Crippen LogP contribution in [0.4, 0.5) is 5.13 Å². The van der Waals surface area contributed by atoms with Gasteiger partial charge in [-0.05, 0) is 19.8 Å². The van der Waals surface area contributed by atoms with Gasteiger partial charge in [-0.3, -0.25) is 9.63 Å². The van der Waals surface area contributed by atoms with Gasteiger partial charge in [0.15, 0.2) is 5.13 Å². The highest BCUT2D eigenvalue weighted by Crippen LogP contribution is 2.21. The standard InChI is InChI=1S/C10H15N3O2S/c1-6-8(16-10(11)12-6)9(14)13-15-7-4-2-3-5-7/h7H,2-5H2,1H3,(H2,11,12)(H,13,14). The molecule has 0 bridgehead atoms. The van der Waals surface area contributed by atoms with Crippen molar-refractivity contribution in [2.75, 3.05) is 5.73 Å². The topological polar surface area (TPSA) is 77.2 Å². The van der Waals surface area contributed by atoms with Crippen LogP contribution >= 0.6 is 11.3 Å². The number of carbonyl (C=O) groups excluding carboxylic acids is 1. The number of anilines is 1. The van der Waals surface area contributed by atoms with E-state index in [1.165, 1.54) is 24.2 Å². The van der Waals surface area contributed by atoms with Gasteiger partial charge >= 0.3 is 0 Å². The van der Waals surface area contributed by atoms with Crippen LogP contribution in [0.25, 0.3) is 0 Å². The first kappa shape index (κ1) is 11.3. The van der Waals surface area contributed by atoms with Crippen LogP contribution in [0.2, 0.25) is 0 Å². The summed E-state index contributed by atoms with van der Waals surface area (Å²) in [6.45, 7) is 1.76. The SMILES string of the molecule is Cc1nc(N)sc1C(=O)NOC1CCCC1. The van der Waals surface area contributed by atoms with Crippen LogP contribution in [0.5, 0.6) is 0 Å². The third-order valence-electron chi connectivity index (χ3n) is 2.64. The number of hydrogen-bond donors (Lipinski definition) is 2. The van der Waals surface area contributed by atoms with Crippen molar-refractivity contribution in [3.05, 3.63) is 10.6 Å². The summed E-state index contributed by atoms with van der Waals surface area (Å²) in [6.07, 6.45) is 4.54. The second-order valence-electron chi connectivity index (χ2n) is 3.92. The first-order valence-corrected chi connectivity index (χ1v) is 6.17. The molecule has 1 heterocycles. The van der Waals surface area contributed by atoms with Gasteiger partial charge < -0.3 is 5.73 Å². The molecule has 1 aliphatic carbocycles. The van der Waals surface area contributed by atoms with Crippen LogP contribution in [0.1, 0.15) is 41.0 Å². The van der Waals surface area contributed by atoms with Crippen molar-refractivity contribution in [2.24, 2.45) is 0 Å². The second-order valence-corrected chi connectivity index (χ2v) is 4.95. The third-order valence-corrected chi connectivity index (χ3v) is 3.63. The highest BCUT2D eigenvalue weighted by atomic mass is 32.1. The molecule has 0 spiro atoms. The molecule has 1 amide bonds. The van der Waals surface area contributed by atoms with Crippen molar-refractivity contribution >= 4 is 22.4 Å². The average molecular weight is 241 g/mol. The molecule has 1 aromatic rings. The molecule has 1 fully saturated rings. The van der Waals surface area contributed by atoms with E-state index in [1.54, 1.807) is 6.92 Å². The van der Waals surface area contributed by atoms with E-state index in [9.17, 15) is 4.79 Å². The summed E-state index contributed by atoms with van der Waals surface area (Å²) in [5, 5.41) is 0.406. The molecule has 5 nitrogen and oxygen atoms in total. The number of nitrogens with one attached hydrogen (secondary N) is 1. The lowest BCUT2D eigenvalue weighted by atomic mass is 10.3. The predicted octanol–water partition coefficient (Wildman–Crippen LogP) is 1.64. The van der Waals surface area contributed by atoms with Crippen LogP contribution < -0.4 is 11.2 Å². The number of aromatic nitrogens is 1. The number of hydroxylamine groups is 1. The van der Waals surface area contributed by atoms with Crippen molar-refractivity contribution in [1.29, 1.82) is 0 Å². The highest BCUT2D eigenvalue weighted by molar-refractivity contribution is 7.17. The molecule has 0 aromatic carbocycles. The molecular formula is C10H15N3O2S. The van der Waals surface area contributed by atoms with Crippen LogP contribution in [0.15, 0.2) is 0 Å². The maximum atomic E-state index is 11.7. The van der Waals surface area contributed by atoms with Gasteiger partial charge in [0.25, 0.3) is 5.91 Å². The number of nitrogens with two attached hydrogens (primary N) is 1. The van der Waals surface area contributed by atoms with Crippen molar-refractivity contribution in [3.63, 3.8) is 0 Å². The van der Waals surface area contributed by atoms with E-state index in [1.807, 2.05) is 0 Å². The minimum Gasteiger partial charge on any atom is -0.375 e. The van der Waals surface area contributed by atoms with Crippen molar-refractivity contribution in [1.82, 2.24) is 10.5 Å². The molecule has 2 rings (SSSR count). The van der Waals surface area contributed by atoms with E-state index in [0.29, 0.717) is 15.7 Å². The number of carbonyl (C=O) groups is 1. The van der Waals surface area contributed by atoms with Crippen LogP contribution in [-0.2, 0) is 4.84 Å². The lowest BCUT2D eigenvalue weighted by molar-refractivity contribution is -0.0122. The zero-order valence-electron chi connectivity index (χ0n) is 9.16. The summed E-state index contributed by atoms with van der Waals surface area (Å²) in [5.74, 6) is -0.251. The molecule has 1 saturated carbocycles. The van der Waals surface area contributed by atoms with Crippen molar-refractivity contribution in [2.45, 2.75) is 38.7 Å². The van der Waals surface area contributed by atoms with Crippen LogP contribution in [0, 0.1) is 6.92 Å². The first-order valence-electron chi connectivity index (χ1n) is 5.35. The van der Waals surface area contributed by atoms with E-state index in [-0.39, 0.29) is 12.0 Å². The quantitative estimate of drug-likeness (QED) is 0.789. The Bertz CT molecular complexity index is 385. The lowest BCUT2D eigenvalue weighted by Gasteiger charge is -2.10. The average Bonchev–Trinajstić information content (AvgIpc) is 2.84. The summed E-state index contributed by atoms with van der Waals surface area (Å²) in [6, 6.07) is 0. The second kappa shape index (κ2) is 4.80. The molecule has 0 atom stereocenters. The summed E-state index contributed by atoms with van der Waals surface area (Å²) in [7, 11) is 0. The molecule has 3 N–H and O–H groups in total. The fraction of sp³-hybridized carbons (Fsp3) is 0.600. The van der Waals surface area contributed by atoms with Crippen molar-refractivity contribution in [3.8, 4) is 0 Å². The summed E-state index contributed by atoms with van der Waals surface area (Å²) >= 11 is 1.18. The summed E-state index contributed by atoms with van der Waals surface area (Å²) in [5.41, 5.74) is 8.64. The van der Waals surface area contributed by atoms with Crippen LogP contribution in [0.3, 0.4) is 0 Å². The Morgan fingerprint density at radius 3 is 2.81 bits per heavy atom. The highest BCUT2D eigenvalue weighted by Gasteiger charge is 2.19. The molecule has 0 unspecified atom stereocenters. The zero-order valence-corrected chi connectivity index (χ0v) is 9.97. The van der Waals surface area contributed by atoms with Gasteiger partial charge in [0.1, 0.15) is 4.88 Å². The lowest BCUT2D eigenvalue weighted by Crippen LogP contribution is -2.28. The maximum absolute atomic E-state index is 11.7. The van der Waals surface area contributed by atoms with Gasteiger partial charge in [0.05, 0.1) is 11.8 Å². The number of rotatable bonds is 3. The number of nitrogens with zero attached hydrogens (tertiary/aromatic N) is 1. The monoisotopic (exact) mass is 241 g/mol. The number of hydrogen-bond acceptors (Lipinski definition) is 5. The molecule has 88 valence electrons.